The second-order valence-corrected chi connectivity index (χ2v) is 7.52. The zero-order valence-corrected chi connectivity index (χ0v) is 18.3. The minimum atomic E-state index is -4.84. The Kier molecular flexibility index (Phi) is 6.32. The number of anilines is 1. The summed E-state index contributed by atoms with van der Waals surface area (Å²) in [4.78, 5) is 31.3. The van der Waals surface area contributed by atoms with E-state index in [1.165, 1.54) is 34.0 Å². The molecule has 2 aromatic heterocycles. The van der Waals surface area contributed by atoms with Gasteiger partial charge in [0.05, 0.1) is 18.4 Å². The number of hydrogen-bond donors (Lipinski definition) is 1. The largest absolute Gasteiger partial charge is 0.573 e. The van der Waals surface area contributed by atoms with Crippen molar-refractivity contribution in [3.05, 3.63) is 101 Å². The van der Waals surface area contributed by atoms with Crippen LogP contribution in [0.25, 0.3) is 5.69 Å². The molecule has 2 aromatic carbocycles. The normalized spacial score (nSPS) is 11.3. The molecule has 4 rings (SSSR count). The molecular weight excluding hydrogens is 465 g/mol. The molecule has 0 spiro atoms. The molecular formula is C24H19F3N4O4. The molecule has 0 radical (unpaired) electrons. The number of imidazole rings is 1. The van der Waals surface area contributed by atoms with Gasteiger partial charge in [0, 0.05) is 18.9 Å². The fourth-order valence-electron chi connectivity index (χ4n) is 3.46. The molecule has 0 saturated heterocycles. The predicted molar refractivity (Wildman–Crippen MR) is 121 cm³/mol. The van der Waals surface area contributed by atoms with Crippen molar-refractivity contribution in [2.75, 3.05) is 11.9 Å². The third kappa shape index (κ3) is 5.35. The van der Waals surface area contributed by atoms with E-state index in [-0.39, 0.29) is 23.8 Å². The number of aromatic nitrogens is 3. The zero-order chi connectivity index (χ0) is 25.2. The van der Waals surface area contributed by atoms with Gasteiger partial charge in [-0.2, -0.15) is 0 Å². The molecule has 0 bridgehead atoms. The molecule has 2 heterocycles. The highest BCUT2D eigenvalue weighted by Gasteiger charge is 2.31. The maximum absolute atomic E-state index is 12.9. The quantitative estimate of drug-likeness (QED) is 0.448. The first-order valence-corrected chi connectivity index (χ1v) is 10.3. The molecule has 4 aromatic rings. The first kappa shape index (κ1) is 23.6. The summed E-state index contributed by atoms with van der Waals surface area (Å²) in [6, 6.07) is 16.7. The Morgan fingerprint density at radius 3 is 2.43 bits per heavy atom. The average Bonchev–Trinajstić information content (AvgIpc) is 3.11. The summed E-state index contributed by atoms with van der Waals surface area (Å²) < 4.78 is 43.1. The maximum Gasteiger partial charge on any atom is 0.573 e. The third-order valence-electron chi connectivity index (χ3n) is 5.11. The number of benzene rings is 2. The van der Waals surface area contributed by atoms with Crippen molar-refractivity contribution < 1.29 is 27.8 Å². The van der Waals surface area contributed by atoms with Crippen LogP contribution in [0.3, 0.4) is 0 Å². The first-order chi connectivity index (χ1) is 16.6. The van der Waals surface area contributed by atoms with E-state index in [2.05, 4.69) is 9.72 Å². The molecule has 0 aliphatic carbocycles. The molecule has 8 nitrogen and oxygen atoms in total. The molecule has 0 aliphatic heterocycles. The lowest BCUT2D eigenvalue weighted by molar-refractivity contribution is -0.274. The lowest BCUT2D eigenvalue weighted by Gasteiger charge is -2.17. The van der Waals surface area contributed by atoms with Gasteiger partial charge in [-0.15, -0.1) is 13.2 Å². The van der Waals surface area contributed by atoms with Gasteiger partial charge < -0.3 is 14.7 Å². The van der Waals surface area contributed by atoms with Crippen molar-refractivity contribution in [3.63, 3.8) is 0 Å². The summed E-state index contributed by atoms with van der Waals surface area (Å²) in [6.07, 6.45) is -2.20. The molecule has 180 valence electrons. The third-order valence-corrected chi connectivity index (χ3v) is 5.11. The topological polar surface area (TPSA) is 89.6 Å². The molecule has 35 heavy (non-hydrogen) atoms. The summed E-state index contributed by atoms with van der Waals surface area (Å²) in [5.41, 5.74) is 0.965. The smallest absolute Gasteiger partial charge is 0.493 e. The fraction of sp³-hybridized carbons (Fsp3) is 0.125. The number of amides is 1. The first-order valence-electron chi connectivity index (χ1n) is 10.3. The van der Waals surface area contributed by atoms with Crippen molar-refractivity contribution in [1.29, 1.82) is 0 Å². The number of para-hydroxylation sites is 1. The van der Waals surface area contributed by atoms with E-state index < -0.39 is 23.7 Å². The molecule has 1 N–H and O–H groups in total. The van der Waals surface area contributed by atoms with Crippen LogP contribution < -0.4 is 15.3 Å². The fourth-order valence-corrected chi connectivity index (χ4v) is 3.46. The van der Waals surface area contributed by atoms with Gasteiger partial charge in [0.15, 0.2) is 0 Å². The highest BCUT2D eigenvalue weighted by atomic mass is 19.4. The zero-order valence-electron chi connectivity index (χ0n) is 18.3. The molecule has 0 saturated carbocycles. The minimum absolute atomic E-state index is 0.0204. The summed E-state index contributed by atoms with van der Waals surface area (Å²) in [6.45, 7) is 0.0204. The molecule has 0 atom stereocenters. The van der Waals surface area contributed by atoms with Gasteiger partial charge in [0.1, 0.15) is 11.4 Å². The SMILES string of the molecule is CN(C(=O)c1cc(Cn2cc(O)n(-c3ccc(OC(F)(F)F)cc3)c2=O)ccn1)c1ccccc1. The van der Waals surface area contributed by atoms with Gasteiger partial charge >= 0.3 is 12.1 Å². The Morgan fingerprint density at radius 2 is 1.77 bits per heavy atom. The monoisotopic (exact) mass is 484 g/mol. The number of nitrogens with zero attached hydrogens (tertiary/aromatic N) is 4. The van der Waals surface area contributed by atoms with E-state index in [0.717, 1.165) is 16.7 Å². The second kappa shape index (κ2) is 9.37. The lowest BCUT2D eigenvalue weighted by Crippen LogP contribution is -2.27. The Bertz CT molecular complexity index is 1400. The number of halogens is 3. The standard InChI is InChI=1S/C24H19F3N4O4/c1-29(17-5-3-2-4-6-17)22(33)20-13-16(11-12-28-20)14-30-15-21(32)31(23(30)34)18-7-9-19(10-8-18)35-24(25,26)27/h2-13,15,32H,14H2,1H3. The summed E-state index contributed by atoms with van der Waals surface area (Å²) in [7, 11) is 1.62. The van der Waals surface area contributed by atoms with Crippen LogP contribution in [0.15, 0.2) is 83.9 Å². The number of ether oxygens (including phenoxy) is 1. The second-order valence-electron chi connectivity index (χ2n) is 7.52. The van der Waals surface area contributed by atoms with Crippen LogP contribution in [0.1, 0.15) is 16.1 Å². The highest BCUT2D eigenvalue weighted by molar-refractivity contribution is 6.04. The van der Waals surface area contributed by atoms with Crippen molar-refractivity contribution in [2.24, 2.45) is 0 Å². The van der Waals surface area contributed by atoms with Gasteiger partial charge in [-0.3, -0.25) is 14.3 Å². The van der Waals surface area contributed by atoms with E-state index in [1.54, 1.807) is 31.3 Å². The van der Waals surface area contributed by atoms with Crippen molar-refractivity contribution >= 4 is 11.6 Å². The minimum Gasteiger partial charge on any atom is -0.493 e. The Labute approximate surface area is 197 Å². The van der Waals surface area contributed by atoms with Crippen LogP contribution in [-0.4, -0.2) is 38.5 Å². The van der Waals surface area contributed by atoms with E-state index in [0.29, 0.717) is 11.3 Å². The van der Waals surface area contributed by atoms with Gasteiger partial charge in [-0.1, -0.05) is 18.2 Å². The Hall–Kier alpha value is -4.54. The van der Waals surface area contributed by atoms with Crippen LogP contribution in [0.2, 0.25) is 0 Å². The number of pyridine rings is 1. The van der Waals surface area contributed by atoms with Crippen LogP contribution in [0.4, 0.5) is 18.9 Å². The van der Waals surface area contributed by atoms with E-state index in [1.807, 2.05) is 18.2 Å². The van der Waals surface area contributed by atoms with E-state index in [4.69, 9.17) is 0 Å². The molecule has 0 fully saturated rings. The van der Waals surface area contributed by atoms with Crippen molar-refractivity contribution in [3.8, 4) is 17.3 Å². The van der Waals surface area contributed by atoms with E-state index in [9.17, 15) is 27.9 Å². The molecule has 1 amide bonds. The molecule has 0 aliphatic rings. The van der Waals surface area contributed by atoms with Gasteiger partial charge in [0.2, 0.25) is 5.88 Å². The van der Waals surface area contributed by atoms with E-state index >= 15 is 0 Å². The Balaban J connectivity index is 1.56. The molecule has 0 unspecified atom stereocenters. The predicted octanol–water partition coefficient (Wildman–Crippen LogP) is 3.96. The number of carbonyl (C=O) groups is 1. The summed E-state index contributed by atoms with van der Waals surface area (Å²) in [5.74, 6) is -1.21. The summed E-state index contributed by atoms with van der Waals surface area (Å²) in [5, 5.41) is 10.3. The van der Waals surface area contributed by atoms with Crippen molar-refractivity contribution in [2.45, 2.75) is 12.9 Å². The van der Waals surface area contributed by atoms with Crippen LogP contribution in [0, 0.1) is 0 Å². The van der Waals surface area contributed by atoms with Crippen LogP contribution >= 0.6 is 0 Å². The highest BCUT2D eigenvalue weighted by Crippen LogP contribution is 2.24. The lowest BCUT2D eigenvalue weighted by atomic mass is 10.2. The van der Waals surface area contributed by atoms with Crippen molar-refractivity contribution in [1.82, 2.24) is 14.1 Å². The maximum atomic E-state index is 12.9. The number of hydrogen-bond acceptors (Lipinski definition) is 5. The van der Waals surface area contributed by atoms with Gasteiger partial charge in [-0.05, 0) is 54.1 Å². The number of alkyl halides is 3. The summed E-state index contributed by atoms with van der Waals surface area (Å²) >= 11 is 0. The average molecular weight is 484 g/mol. The Morgan fingerprint density at radius 1 is 1.09 bits per heavy atom. The molecule has 11 heteroatoms. The number of aromatic hydroxyl groups is 1. The number of rotatable bonds is 6. The van der Waals surface area contributed by atoms with Gasteiger partial charge in [0.25, 0.3) is 5.91 Å². The van der Waals surface area contributed by atoms with Crippen LogP contribution in [0.5, 0.6) is 11.6 Å². The van der Waals surface area contributed by atoms with Crippen LogP contribution in [-0.2, 0) is 6.54 Å². The number of carbonyl (C=O) groups excluding carboxylic acids is 1. The van der Waals surface area contributed by atoms with Gasteiger partial charge in [-0.25, -0.2) is 9.36 Å².